The van der Waals surface area contributed by atoms with E-state index < -0.39 is 0 Å². The van der Waals surface area contributed by atoms with E-state index in [9.17, 15) is 4.79 Å². The summed E-state index contributed by atoms with van der Waals surface area (Å²) >= 11 is 1.73. The van der Waals surface area contributed by atoms with Crippen molar-refractivity contribution in [1.82, 2.24) is 0 Å². The largest absolute Gasteiger partial charge is 0.370 e. The Kier molecular flexibility index (Phi) is 5.02. The Morgan fingerprint density at radius 1 is 0.952 bits per heavy atom. The average Bonchev–Trinajstić information content (AvgIpc) is 2.88. The van der Waals surface area contributed by atoms with Gasteiger partial charge in [0.2, 0.25) is 5.43 Å². The molecule has 1 aromatic heterocycles. The smallest absolute Gasteiger partial charge is 0.201 e. The van der Waals surface area contributed by atoms with Gasteiger partial charge in [-0.05, 0) is 49.7 Å². The van der Waals surface area contributed by atoms with Crippen LogP contribution in [0.3, 0.4) is 0 Å². The van der Waals surface area contributed by atoms with Gasteiger partial charge in [-0.3, -0.25) is 4.79 Å². The van der Waals surface area contributed by atoms with Crippen molar-refractivity contribution in [3.05, 3.63) is 46.6 Å². The quantitative estimate of drug-likeness (QED) is 0.841. The lowest BCUT2D eigenvalue weighted by molar-refractivity contribution is 0.863. The Bertz CT molecular complexity index is 660. The van der Waals surface area contributed by atoms with Crippen LogP contribution in [0.15, 0.2) is 41.2 Å². The van der Waals surface area contributed by atoms with Gasteiger partial charge in [0.25, 0.3) is 0 Å². The number of hydrogen-bond acceptors (Lipinski definition) is 4. The van der Waals surface area contributed by atoms with Gasteiger partial charge in [-0.25, -0.2) is 0 Å². The minimum atomic E-state index is 0.0781. The van der Waals surface area contributed by atoms with Crippen molar-refractivity contribution in [2.45, 2.75) is 13.8 Å². The van der Waals surface area contributed by atoms with E-state index in [2.05, 4.69) is 35.8 Å². The molecule has 0 aliphatic carbocycles. The summed E-state index contributed by atoms with van der Waals surface area (Å²) in [5, 5.41) is 1.21. The van der Waals surface area contributed by atoms with Crippen molar-refractivity contribution < 1.29 is 0 Å². The predicted octanol–water partition coefficient (Wildman–Crippen LogP) is 3.69. The second-order valence-electron chi connectivity index (χ2n) is 5.08. The van der Waals surface area contributed by atoms with Crippen molar-refractivity contribution in [3.63, 3.8) is 0 Å². The fraction of sp³-hybridized carbons (Fsp3) is 0.353. The lowest BCUT2D eigenvalue weighted by Gasteiger charge is -2.18. The second kappa shape index (κ2) is 6.76. The third-order valence-corrected chi connectivity index (χ3v) is 4.81. The van der Waals surface area contributed by atoms with Gasteiger partial charge in [-0.15, -0.1) is 11.3 Å². The van der Waals surface area contributed by atoms with Crippen LogP contribution in [-0.4, -0.2) is 27.2 Å². The van der Waals surface area contributed by atoms with E-state index in [1.807, 2.05) is 32.3 Å². The van der Waals surface area contributed by atoms with Gasteiger partial charge in [0.15, 0.2) is 0 Å². The summed E-state index contributed by atoms with van der Waals surface area (Å²) in [6, 6.07) is 11.8. The van der Waals surface area contributed by atoms with E-state index >= 15 is 0 Å². The molecule has 2 rings (SSSR count). The number of thiophene rings is 1. The Labute approximate surface area is 130 Å². The molecule has 0 amide bonds. The van der Waals surface area contributed by atoms with Crippen LogP contribution < -0.4 is 15.2 Å². The van der Waals surface area contributed by atoms with Gasteiger partial charge in [-0.1, -0.05) is 6.07 Å². The number of hydrogen-bond donors (Lipinski definition) is 0. The third kappa shape index (κ3) is 3.45. The van der Waals surface area contributed by atoms with E-state index in [4.69, 9.17) is 0 Å². The summed E-state index contributed by atoms with van der Waals surface area (Å²) in [6.45, 7) is 5.82. The van der Waals surface area contributed by atoms with Crippen LogP contribution in [0, 0.1) is 0 Å². The number of rotatable bonds is 5. The fourth-order valence-corrected chi connectivity index (χ4v) is 3.20. The lowest BCUT2D eigenvalue weighted by Crippen LogP contribution is -2.26. The first-order valence-electron chi connectivity index (χ1n) is 7.23. The van der Waals surface area contributed by atoms with Crippen molar-refractivity contribution in [2.75, 3.05) is 37.0 Å². The molecule has 0 aliphatic rings. The third-order valence-electron chi connectivity index (χ3n) is 3.51. The lowest BCUT2D eigenvalue weighted by atomic mass is 10.2. The number of nitrogens with zero attached hydrogens (tertiary/aromatic N) is 2. The predicted molar refractivity (Wildman–Crippen MR) is 93.9 cm³/mol. The first-order valence-corrected chi connectivity index (χ1v) is 8.05. The summed E-state index contributed by atoms with van der Waals surface area (Å²) in [5.74, 6) is 0. The van der Waals surface area contributed by atoms with Crippen molar-refractivity contribution in [1.29, 1.82) is 0 Å². The molecule has 0 aliphatic heterocycles. The molecule has 2 aromatic rings. The van der Waals surface area contributed by atoms with Gasteiger partial charge in [0.05, 0.1) is 10.7 Å². The van der Waals surface area contributed by atoms with Crippen LogP contribution >= 0.6 is 11.3 Å². The molecule has 0 saturated heterocycles. The molecule has 0 fully saturated rings. The van der Waals surface area contributed by atoms with Crippen LogP contribution in [-0.2, 0) is 0 Å². The standard InChI is InChI=1S/C17H22N2OS/c1-5-19(6-2)14-9-7-13(8-10-15(14)20)16-11-12-17(21-16)18(3)4/h7-12H,5-6H2,1-4H3. The summed E-state index contributed by atoms with van der Waals surface area (Å²) in [5.41, 5.74) is 1.94. The van der Waals surface area contributed by atoms with Gasteiger partial charge in [-0.2, -0.15) is 0 Å². The van der Waals surface area contributed by atoms with Crippen molar-refractivity contribution >= 4 is 22.0 Å². The highest BCUT2D eigenvalue weighted by atomic mass is 32.1. The SMILES string of the molecule is CCN(CC)c1ccc(-c2ccc(N(C)C)s2)ccc1=O. The fourth-order valence-electron chi connectivity index (χ4n) is 2.27. The molecular weight excluding hydrogens is 280 g/mol. The highest BCUT2D eigenvalue weighted by Crippen LogP contribution is 2.32. The van der Waals surface area contributed by atoms with E-state index in [1.54, 1.807) is 17.4 Å². The van der Waals surface area contributed by atoms with Crippen LogP contribution in [0.4, 0.5) is 10.7 Å². The highest BCUT2D eigenvalue weighted by Gasteiger charge is 2.07. The molecule has 21 heavy (non-hydrogen) atoms. The Morgan fingerprint density at radius 2 is 1.62 bits per heavy atom. The molecule has 0 bridgehead atoms. The number of anilines is 2. The molecule has 0 radical (unpaired) electrons. The van der Waals surface area contributed by atoms with E-state index in [1.165, 1.54) is 9.88 Å². The molecular formula is C17H22N2OS. The zero-order valence-electron chi connectivity index (χ0n) is 13.1. The molecule has 1 aromatic carbocycles. The zero-order chi connectivity index (χ0) is 15.4. The summed E-state index contributed by atoms with van der Waals surface area (Å²) in [7, 11) is 4.07. The summed E-state index contributed by atoms with van der Waals surface area (Å²) < 4.78 is 0. The maximum Gasteiger partial charge on any atom is 0.201 e. The Morgan fingerprint density at radius 3 is 2.19 bits per heavy atom. The minimum Gasteiger partial charge on any atom is -0.370 e. The van der Waals surface area contributed by atoms with Crippen molar-refractivity contribution in [2.24, 2.45) is 0 Å². The van der Waals surface area contributed by atoms with E-state index in [0.29, 0.717) is 0 Å². The Balaban J connectivity index is 2.43. The molecule has 0 N–H and O–H groups in total. The summed E-state index contributed by atoms with van der Waals surface area (Å²) in [6.07, 6.45) is 0. The maximum atomic E-state index is 12.2. The van der Waals surface area contributed by atoms with Crippen LogP contribution in [0.25, 0.3) is 10.4 Å². The average molecular weight is 302 g/mol. The highest BCUT2D eigenvalue weighted by molar-refractivity contribution is 7.19. The minimum absolute atomic E-state index is 0.0781. The maximum absolute atomic E-state index is 12.2. The van der Waals surface area contributed by atoms with Gasteiger partial charge in [0.1, 0.15) is 0 Å². The van der Waals surface area contributed by atoms with Crippen LogP contribution in [0.5, 0.6) is 0 Å². The molecule has 4 heteroatoms. The molecule has 112 valence electrons. The van der Waals surface area contributed by atoms with Gasteiger partial charge in [0, 0.05) is 32.1 Å². The molecule has 0 spiro atoms. The van der Waals surface area contributed by atoms with Crippen molar-refractivity contribution in [3.8, 4) is 10.4 Å². The van der Waals surface area contributed by atoms with Crippen LogP contribution in [0.2, 0.25) is 0 Å². The van der Waals surface area contributed by atoms with Gasteiger partial charge >= 0.3 is 0 Å². The normalized spacial score (nSPS) is 10.5. The molecule has 0 atom stereocenters. The zero-order valence-corrected chi connectivity index (χ0v) is 13.9. The molecule has 3 nitrogen and oxygen atoms in total. The first-order chi connectivity index (χ1) is 10.1. The molecule has 0 unspecified atom stereocenters. The second-order valence-corrected chi connectivity index (χ2v) is 6.14. The monoisotopic (exact) mass is 302 g/mol. The Hall–Kier alpha value is -1.81. The van der Waals surface area contributed by atoms with Crippen LogP contribution in [0.1, 0.15) is 13.8 Å². The molecule has 0 saturated carbocycles. The topological polar surface area (TPSA) is 23.6 Å². The molecule has 1 heterocycles. The van der Waals surface area contributed by atoms with E-state index in [0.717, 1.165) is 24.3 Å². The first kappa shape index (κ1) is 15.6. The van der Waals surface area contributed by atoms with Gasteiger partial charge < -0.3 is 9.80 Å². The van der Waals surface area contributed by atoms with E-state index in [-0.39, 0.29) is 5.43 Å². The summed E-state index contributed by atoms with van der Waals surface area (Å²) in [4.78, 5) is 17.6.